The van der Waals surface area contributed by atoms with Crippen LogP contribution in [0.3, 0.4) is 0 Å². The summed E-state index contributed by atoms with van der Waals surface area (Å²) in [5, 5.41) is 5.06. The molecule has 1 aromatic heterocycles. The molecule has 1 aromatic carbocycles. The van der Waals surface area contributed by atoms with Crippen LogP contribution in [0.2, 0.25) is 0 Å². The number of amides is 2. The SMILES string of the molecule is Cc1ccc(NC(=S)NNC(=O)C(=O)NCc2ccco2)cc1F. The third-order valence-electron chi connectivity index (χ3n) is 2.93. The van der Waals surface area contributed by atoms with Gasteiger partial charge in [-0.25, -0.2) is 4.39 Å². The van der Waals surface area contributed by atoms with Crippen LogP contribution in [-0.4, -0.2) is 16.9 Å². The molecule has 2 rings (SSSR count). The van der Waals surface area contributed by atoms with Gasteiger partial charge in [-0.3, -0.25) is 20.4 Å². The zero-order valence-corrected chi connectivity index (χ0v) is 13.5. The summed E-state index contributed by atoms with van der Waals surface area (Å²) in [5.41, 5.74) is 5.39. The standard InChI is InChI=1S/C15H15FN4O3S/c1-9-4-5-10(7-12(9)16)18-15(24)20-19-14(22)13(21)17-8-11-3-2-6-23-11/h2-7H,8H2,1H3,(H,17,21)(H,19,22)(H2,18,20,24). The van der Waals surface area contributed by atoms with Gasteiger partial charge in [0.1, 0.15) is 11.6 Å². The first-order valence-corrected chi connectivity index (χ1v) is 7.30. The highest BCUT2D eigenvalue weighted by Crippen LogP contribution is 2.13. The minimum atomic E-state index is -0.930. The maximum Gasteiger partial charge on any atom is 0.327 e. The van der Waals surface area contributed by atoms with Crippen molar-refractivity contribution >= 4 is 34.8 Å². The second kappa shape index (κ2) is 8.06. The smallest absolute Gasteiger partial charge is 0.327 e. The fourth-order valence-electron chi connectivity index (χ4n) is 1.66. The number of carbonyl (C=O) groups excluding carboxylic acids is 2. The van der Waals surface area contributed by atoms with Crippen LogP contribution in [0.15, 0.2) is 41.0 Å². The van der Waals surface area contributed by atoms with Gasteiger partial charge in [-0.2, -0.15) is 0 Å². The van der Waals surface area contributed by atoms with E-state index in [-0.39, 0.29) is 17.5 Å². The molecule has 4 N–H and O–H groups in total. The lowest BCUT2D eigenvalue weighted by atomic mass is 10.2. The zero-order valence-electron chi connectivity index (χ0n) is 12.7. The van der Waals surface area contributed by atoms with Crippen LogP contribution < -0.4 is 21.5 Å². The molecule has 0 unspecified atom stereocenters. The molecule has 0 spiro atoms. The molecule has 0 fully saturated rings. The van der Waals surface area contributed by atoms with Crippen molar-refractivity contribution < 1.29 is 18.4 Å². The zero-order chi connectivity index (χ0) is 17.5. The predicted octanol–water partition coefficient (Wildman–Crippen LogP) is 1.36. The van der Waals surface area contributed by atoms with Crippen LogP contribution in [-0.2, 0) is 16.1 Å². The van der Waals surface area contributed by atoms with Crippen LogP contribution >= 0.6 is 12.2 Å². The molecule has 24 heavy (non-hydrogen) atoms. The summed E-state index contributed by atoms with van der Waals surface area (Å²) in [7, 11) is 0. The van der Waals surface area contributed by atoms with Gasteiger partial charge < -0.3 is 15.1 Å². The van der Waals surface area contributed by atoms with Crippen LogP contribution in [0, 0.1) is 12.7 Å². The van der Waals surface area contributed by atoms with E-state index in [1.54, 1.807) is 31.2 Å². The monoisotopic (exact) mass is 350 g/mol. The minimum absolute atomic E-state index is 0.00503. The van der Waals surface area contributed by atoms with E-state index in [2.05, 4.69) is 21.5 Å². The summed E-state index contributed by atoms with van der Waals surface area (Å²) < 4.78 is 18.4. The summed E-state index contributed by atoms with van der Waals surface area (Å²) in [6, 6.07) is 7.81. The van der Waals surface area contributed by atoms with Crippen LogP contribution in [0.4, 0.5) is 10.1 Å². The van der Waals surface area contributed by atoms with Crippen molar-refractivity contribution in [1.82, 2.24) is 16.2 Å². The fourth-order valence-corrected chi connectivity index (χ4v) is 1.83. The van der Waals surface area contributed by atoms with Crippen molar-refractivity contribution in [3.8, 4) is 0 Å². The third kappa shape index (κ3) is 5.06. The van der Waals surface area contributed by atoms with E-state index >= 15 is 0 Å². The topological polar surface area (TPSA) is 95.4 Å². The van der Waals surface area contributed by atoms with E-state index < -0.39 is 11.8 Å². The van der Waals surface area contributed by atoms with Gasteiger partial charge in [0.15, 0.2) is 5.11 Å². The number of nitrogens with one attached hydrogen (secondary N) is 4. The first kappa shape index (κ1) is 17.4. The molecule has 0 aliphatic heterocycles. The van der Waals surface area contributed by atoms with E-state index in [0.717, 1.165) is 0 Å². The molecular weight excluding hydrogens is 335 g/mol. The van der Waals surface area contributed by atoms with Crippen LogP contribution in [0.25, 0.3) is 0 Å². The summed E-state index contributed by atoms with van der Waals surface area (Å²) in [6.45, 7) is 1.72. The molecular formula is C15H15FN4O3S. The van der Waals surface area contributed by atoms with E-state index in [1.807, 2.05) is 0 Å². The van der Waals surface area contributed by atoms with E-state index in [9.17, 15) is 14.0 Å². The number of hydrazine groups is 1. The number of hydrogen-bond acceptors (Lipinski definition) is 4. The highest BCUT2D eigenvalue weighted by molar-refractivity contribution is 7.80. The number of thiocarbonyl (C=S) groups is 1. The summed E-state index contributed by atoms with van der Waals surface area (Å²) in [6.07, 6.45) is 1.46. The lowest BCUT2D eigenvalue weighted by molar-refractivity contribution is -0.139. The first-order valence-electron chi connectivity index (χ1n) is 6.89. The molecule has 2 aromatic rings. The van der Waals surface area contributed by atoms with Gasteiger partial charge >= 0.3 is 11.8 Å². The van der Waals surface area contributed by atoms with Crippen molar-refractivity contribution in [1.29, 1.82) is 0 Å². The number of rotatable bonds is 3. The molecule has 9 heteroatoms. The van der Waals surface area contributed by atoms with E-state index in [4.69, 9.17) is 16.6 Å². The number of aryl methyl sites for hydroxylation is 1. The van der Waals surface area contributed by atoms with E-state index in [1.165, 1.54) is 12.3 Å². The largest absolute Gasteiger partial charge is 0.467 e. The Morgan fingerprint density at radius 2 is 2.00 bits per heavy atom. The molecule has 126 valence electrons. The Labute approximate surface area is 142 Å². The van der Waals surface area contributed by atoms with Crippen molar-refractivity contribution in [3.63, 3.8) is 0 Å². The Morgan fingerprint density at radius 1 is 1.21 bits per heavy atom. The van der Waals surface area contributed by atoms with Gasteiger partial charge in [-0.05, 0) is 49.0 Å². The molecule has 0 aliphatic rings. The maximum absolute atomic E-state index is 13.4. The van der Waals surface area contributed by atoms with Crippen molar-refractivity contribution in [3.05, 3.63) is 53.7 Å². The fraction of sp³-hybridized carbons (Fsp3) is 0.133. The maximum atomic E-state index is 13.4. The van der Waals surface area contributed by atoms with Crippen LogP contribution in [0.1, 0.15) is 11.3 Å². The molecule has 0 bridgehead atoms. The third-order valence-corrected chi connectivity index (χ3v) is 3.13. The number of furan rings is 1. The highest BCUT2D eigenvalue weighted by Gasteiger charge is 2.13. The van der Waals surface area contributed by atoms with Gasteiger partial charge in [0.25, 0.3) is 0 Å². The molecule has 0 saturated heterocycles. The summed E-state index contributed by atoms with van der Waals surface area (Å²) >= 11 is 4.94. The number of anilines is 1. The Balaban J connectivity index is 1.74. The molecule has 0 radical (unpaired) electrons. The number of halogens is 1. The second-order valence-corrected chi connectivity index (χ2v) is 5.17. The van der Waals surface area contributed by atoms with Crippen LogP contribution in [0.5, 0.6) is 0 Å². The summed E-state index contributed by atoms with van der Waals surface area (Å²) in [5.74, 6) is -1.66. The minimum Gasteiger partial charge on any atom is -0.467 e. The Morgan fingerprint density at radius 3 is 2.67 bits per heavy atom. The van der Waals surface area contributed by atoms with Crippen molar-refractivity contribution in [2.75, 3.05) is 5.32 Å². The lowest BCUT2D eigenvalue weighted by Gasteiger charge is -2.11. The number of benzene rings is 1. The van der Waals surface area contributed by atoms with Gasteiger partial charge in [0, 0.05) is 5.69 Å². The van der Waals surface area contributed by atoms with Crippen molar-refractivity contribution in [2.45, 2.75) is 13.5 Å². The molecule has 2 amide bonds. The molecule has 1 heterocycles. The van der Waals surface area contributed by atoms with Gasteiger partial charge in [0.05, 0.1) is 12.8 Å². The summed E-state index contributed by atoms with van der Waals surface area (Å²) in [4.78, 5) is 23.2. The Kier molecular flexibility index (Phi) is 5.85. The second-order valence-electron chi connectivity index (χ2n) is 4.76. The van der Waals surface area contributed by atoms with E-state index in [0.29, 0.717) is 17.0 Å². The average molecular weight is 350 g/mol. The molecule has 0 atom stereocenters. The number of hydrogen-bond donors (Lipinski definition) is 4. The van der Waals surface area contributed by atoms with Gasteiger partial charge in [0.2, 0.25) is 0 Å². The lowest BCUT2D eigenvalue weighted by Crippen LogP contribution is -2.49. The molecule has 7 nitrogen and oxygen atoms in total. The Hall–Kier alpha value is -2.94. The number of carbonyl (C=O) groups is 2. The predicted molar refractivity (Wildman–Crippen MR) is 89.2 cm³/mol. The quantitative estimate of drug-likeness (QED) is 0.379. The molecule has 0 aliphatic carbocycles. The highest BCUT2D eigenvalue weighted by atomic mass is 32.1. The Bertz CT molecular complexity index is 749. The average Bonchev–Trinajstić information content (AvgIpc) is 3.07. The normalized spacial score (nSPS) is 9.92. The van der Waals surface area contributed by atoms with Gasteiger partial charge in [-0.15, -0.1) is 0 Å². The van der Waals surface area contributed by atoms with Gasteiger partial charge in [-0.1, -0.05) is 6.07 Å². The first-order chi connectivity index (χ1) is 11.5. The molecule has 0 saturated carbocycles. The van der Waals surface area contributed by atoms with Crippen molar-refractivity contribution in [2.24, 2.45) is 0 Å².